The maximum Gasteiger partial charge on any atom is 0.338 e. The number of hydrogen-bond donors (Lipinski definition) is 1. The van der Waals surface area contributed by atoms with E-state index in [9.17, 15) is 9.59 Å². The minimum Gasteiger partial charge on any atom is -0.452 e. The number of nitrogens with one attached hydrogen (secondary N) is 1. The normalized spacial score (nSPS) is 11.7. The molecule has 0 aromatic heterocycles. The van der Waals surface area contributed by atoms with Gasteiger partial charge in [0.15, 0.2) is 6.61 Å². The lowest BCUT2D eigenvalue weighted by Crippen LogP contribution is -2.35. The summed E-state index contributed by atoms with van der Waals surface area (Å²) in [6.07, 6.45) is 0.840. The van der Waals surface area contributed by atoms with Crippen LogP contribution < -0.4 is 5.32 Å². The summed E-state index contributed by atoms with van der Waals surface area (Å²) in [6, 6.07) is 6.85. The Morgan fingerprint density at radius 1 is 1.33 bits per heavy atom. The summed E-state index contributed by atoms with van der Waals surface area (Å²) < 4.78 is 5.79. The van der Waals surface area contributed by atoms with Crippen LogP contribution >= 0.6 is 15.9 Å². The van der Waals surface area contributed by atoms with Gasteiger partial charge in [0.05, 0.1) is 5.56 Å². The van der Waals surface area contributed by atoms with E-state index in [-0.39, 0.29) is 18.6 Å². The third kappa shape index (κ3) is 4.87. The number of amides is 1. The Morgan fingerprint density at radius 3 is 2.50 bits per heavy atom. The lowest BCUT2D eigenvalue weighted by molar-refractivity contribution is -0.124. The van der Waals surface area contributed by atoms with Crippen LogP contribution in [0.2, 0.25) is 0 Å². The van der Waals surface area contributed by atoms with E-state index >= 15 is 0 Å². The van der Waals surface area contributed by atoms with Crippen LogP contribution in [0.3, 0.4) is 0 Å². The molecule has 0 fully saturated rings. The lowest BCUT2D eigenvalue weighted by atomic mass is 10.2. The SMILES string of the molecule is CC[C@H](C)NC(=O)COC(=O)c1ccc(Br)cc1. The first-order valence-corrected chi connectivity index (χ1v) is 6.54. The van der Waals surface area contributed by atoms with Gasteiger partial charge in [-0.05, 0) is 37.6 Å². The van der Waals surface area contributed by atoms with Crippen molar-refractivity contribution in [2.45, 2.75) is 26.3 Å². The number of halogens is 1. The standard InChI is InChI=1S/C13H16BrNO3/c1-3-9(2)15-12(16)8-18-13(17)10-4-6-11(14)7-5-10/h4-7,9H,3,8H2,1-2H3,(H,15,16)/t9-/m0/s1. The summed E-state index contributed by atoms with van der Waals surface area (Å²) in [5.74, 6) is -0.781. The highest BCUT2D eigenvalue weighted by Gasteiger charge is 2.11. The average molecular weight is 314 g/mol. The number of benzene rings is 1. The molecule has 1 N–H and O–H groups in total. The molecule has 18 heavy (non-hydrogen) atoms. The molecule has 0 saturated heterocycles. The summed E-state index contributed by atoms with van der Waals surface area (Å²) in [7, 11) is 0. The molecule has 1 aromatic carbocycles. The van der Waals surface area contributed by atoms with Gasteiger partial charge >= 0.3 is 5.97 Å². The highest BCUT2D eigenvalue weighted by Crippen LogP contribution is 2.11. The zero-order chi connectivity index (χ0) is 13.5. The van der Waals surface area contributed by atoms with Crippen LogP contribution in [0.4, 0.5) is 0 Å². The Morgan fingerprint density at radius 2 is 1.94 bits per heavy atom. The van der Waals surface area contributed by atoms with Gasteiger partial charge < -0.3 is 10.1 Å². The van der Waals surface area contributed by atoms with Crippen LogP contribution in [0.15, 0.2) is 28.7 Å². The zero-order valence-electron chi connectivity index (χ0n) is 10.4. The first-order valence-electron chi connectivity index (χ1n) is 5.75. The zero-order valence-corrected chi connectivity index (χ0v) is 12.0. The molecule has 0 saturated carbocycles. The summed E-state index contributed by atoms with van der Waals surface area (Å²) in [4.78, 5) is 23.0. The fraction of sp³-hybridized carbons (Fsp3) is 0.385. The van der Waals surface area contributed by atoms with Gasteiger partial charge in [0.25, 0.3) is 5.91 Å². The highest BCUT2D eigenvalue weighted by molar-refractivity contribution is 9.10. The van der Waals surface area contributed by atoms with Crippen LogP contribution in [0.1, 0.15) is 30.6 Å². The van der Waals surface area contributed by atoms with Crippen molar-refractivity contribution in [3.63, 3.8) is 0 Å². The smallest absolute Gasteiger partial charge is 0.338 e. The van der Waals surface area contributed by atoms with Crippen molar-refractivity contribution >= 4 is 27.8 Å². The van der Waals surface area contributed by atoms with Crippen LogP contribution in [0, 0.1) is 0 Å². The first-order chi connectivity index (χ1) is 8.52. The number of hydrogen-bond acceptors (Lipinski definition) is 3. The van der Waals surface area contributed by atoms with Gasteiger partial charge in [0.2, 0.25) is 0 Å². The van der Waals surface area contributed by atoms with Crippen molar-refractivity contribution < 1.29 is 14.3 Å². The molecule has 0 bridgehead atoms. The second-order valence-corrected chi connectivity index (χ2v) is 4.88. The molecule has 0 unspecified atom stereocenters. The molecule has 0 heterocycles. The van der Waals surface area contributed by atoms with Crippen LogP contribution in [0.5, 0.6) is 0 Å². The van der Waals surface area contributed by atoms with Gasteiger partial charge in [-0.2, -0.15) is 0 Å². The van der Waals surface area contributed by atoms with E-state index in [0.29, 0.717) is 5.56 Å². The first kappa shape index (κ1) is 14.7. The van der Waals surface area contributed by atoms with Crippen molar-refractivity contribution in [1.82, 2.24) is 5.32 Å². The molecule has 98 valence electrons. The molecule has 1 aromatic rings. The molecule has 0 radical (unpaired) electrons. The predicted molar refractivity (Wildman–Crippen MR) is 72.3 cm³/mol. The summed E-state index contributed by atoms with van der Waals surface area (Å²) in [6.45, 7) is 3.62. The maximum atomic E-state index is 11.6. The van der Waals surface area contributed by atoms with E-state index in [4.69, 9.17) is 4.74 Å². The average Bonchev–Trinajstić information content (AvgIpc) is 2.36. The number of carbonyl (C=O) groups excluding carboxylic acids is 2. The molecule has 0 aliphatic heterocycles. The number of carbonyl (C=O) groups is 2. The largest absolute Gasteiger partial charge is 0.452 e. The van der Waals surface area contributed by atoms with Crippen molar-refractivity contribution in [1.29, 1.82) is 0 Å². The van der Waals surface area contributed by atoms with E-state index < -0.39 is 5.97 Å². The van der Waals surface area contributed by atoms with Gasteiger partial charge in [-0.1, -0.05) is 22.9 Å². The van der Waals surface area contributed by atoms with Gasteiger partial charge in [0.1, 0.15) is 0 Å². The molecular weight excluding hydrogens is 298 g/mol. The van der Waals surface area contributed by atoms with Crippen LogP contribution in [-0.2, 0) is 9.53 Å². The molecule has 0 aliphatic rings. The quantitative estimate of drug-likeness (QED) is 0.850. The third-order valence-electron chi connectivity index (χ3n) is 2.43. The van der Waals surface area contributed by atoms with Crippen molar-refractivity contribution in [2.75, 3.05) is 6.61 Å². The second kappa shape index (κ2) is 7.16. The topological polar surface area (TPSA) is 55.4 Å². The van der Waals surface area contributed by atoms with Gasteiger partial charge in [-0.3, -0.25) is 4.79 Å². The van der Waals surface area contributed by atoms with Crippen LogP contribution in [0.25, 0.3) is 0 Å². The monoisotopic (exact) mass is 313 g/mol. The predicted octanol–water partition coefficient (Wildman–Crippen LogP) is 2.52. The van der Waals surface area contributed by atoms with E-state index in [1.807, 2.05) is 13.8 Å². The fourth-order valence-corrected chi connectivity index (χ4v) is 1.48. The number of rotatable bonds is 5. The third-order valence-corrected chi connectivity index (χ3v) is 2.96. The van der Waals surface area contributed by atoms with Crippen molar-refractivity contribution in [3.8, 4) is 0 Å². The van der Waals surface area contributed by atoms with Gasteiger partial charge in [0, 0.05) is 10.5 Å². The lowest BCUT2D eigenvalue weighted by Gasteiger charge is -2.11. The molecule has 1 rings (SSSR count). The molecule has 0 spiro atoms. The number of esters is 1. The highest BCUT2D eigenvalue weighted by atomic mass is 79.9. The van der Waals surface area contributed by atoms with E-state index in [0.717, 1.165) is 10.9 Å². The minimum atomic E-state index is -0.498. The Kier molecular flexibility index (Phi) is 5.85. The molecule has 1 amide bonds. The van der Waals surface area contributed by atoms with E-state index in [2.05, 4.69) is 21.2 Å². The maximum absolute atomic E-state index is 11.6. The van der Waals surface area contributed by atoms with Gasteiger partial charge in [-0.25, -0.2) is 4.79 Å². The molecule has 4 nitrogen and oxygen atoms in total. The van der Waals surface area contributed by atoms with E-state index in [1.165, 1.54) is 0 Å². The Bertz CT molecular complexity index is 417. The number of ether oxygens (including phenoxy) is 1. The van der Waals surface area contributed by atoms with Gasteiger partial charge in [-0.15, -0.1) is 0 Å². The summed E-state index contributed by atoms with van der Waals surface area (Å²) in [5.41, 5.74) is 0.425. The Balaban J connectivity index is 2.41. The van der Waals surface area contributed by atoms with Crippen molar-refractivity contribution in [2.24, 2.45) is 0 Å². The molecular formula is C13H16BrNO3. The molecule has 1 atom stereocenters. The Hall–Kier alpha value is -1.36. The summed E-state index contributed by atoms with van der Waals surface area (Å²) >= 11 is 3.28. The second-order valence-electron chi connectivity index (χ2n) is 3.96. The molecule has 0 aliphatic carbocycles. The summed E-state index contributed by atoms with van der Waals surface area (Å²) in [5, 5.41) is 2.72. The Labute approximate surface area is 115 Å². The fourth-order valence-electron chi connectivity index (χ4n) is 1.22. The minimum absolute atomic E-state index is 0.0869. The van der Waals surface area contributed by atoms with Crippen molar-refractivity contribution in [3.05, 3.63) is 34.3 Å². The molecule has 5 heteroatoms. The van der Waals surface area contributed by atoms with Crippen LogP contribution in [-0.4, -0.2) is 24.5 Å². The van der Waals surface area contributed by atoms with E-state index in [1.54, 1.807) is 24.3 Å².